The maximum Gasteiger partial charge on any atom is 0.152 e. The molecule has 2 unspecified atom stereocenters. The van der Waals surface area contributed by atoms with Gasteiger partial charge in [-0.25, -0.2) is 8.42 Å². The van der Waals surface area contributed by atoms with Crippen LogP contribution in [-0.2, 0) is 9.84 Å². The highest BCUT2D eigenvalue weighted by atomic mass is 32.2. The fourth-order valence-corrected chi connectivity index (χ4v) is 1.64. The maximum absolute atomic E-state index is 11.0. The number of aliphatic hydroxyl groups is 1. The number of rotatable bonds is 5. The molecule has 0 spiro atoms. The van der Waals surface area contributed by atoms with E-state index in [1.54, 1.807) is 6.92 Å². The van der Waals surface area contributed by atoms with E-state index < -0.39 is 21.2 Å². The molecule has 0 saturated heterocycles. The first-order valence-corrected chi connectivity index (χ1v) is 6.22. The van der Waals surface area contributed by atoms with Crippen LogP contribution in [0.4, 0.5) is 0 Å². The van der Waals surface area contributed by atoms with Crippen molar-refractivity contribution in [3.8, 4) is 0 Å². The highest BCUT2D eigenvalue weighted by Gasteiger charge is 2.22. The number of unbranched alkanes of at least 4 members (excludes halogenated alkanes) is 1. The van der Waals surface area contributed by atoms with Crippen LogP contribution in [0.15, 0.2) is 0 Å². The van der Waals surface area contributed by atoms with E-state index in [2.05, 4.69) is 0 Å². The molecule has 0 heterocycles. The molecule has 0 aromatic heterocycles. The lowest BCUT2D eigenvalue weighted by Gasteiger charge is -2.16. The first-order valence-electron chi connectivity index (χ1n) is 4.26. The molecule has 0 aliphatic rings. The van der Waals surface area contributed by atoms with Gasteiger partial charge in [-0.05, 0) is 13.3 Å². The molecule has 0 amide bonds. The summed E-state index contributed by atoms with van der Waals surface area (Å²) >= 11 is 0. The van der Waals surface area contributed by atoms with Crippen LogP contribution in [0.5, 0.6) is 0 Å². The summed E-state index contributed by atoms with van der Waals surface area (Å²) < 4.78 is 22.0. The fraction of sp³-hybridized carbons (Fsp3) is 1.00. The van der Waals surface area contributed by atoms with Crippen molar-refractivity contribution in [2.24, 2.45) is 0 Å². The smallest absolute Gasteiger partial charge is 0.152 e. The van der Waals surface area contributed by atoms with Crippen molar-refractivity contribution in [3.05, 3.63) is 0 Å². The Bertz CT molecular complexity index is 208. The van der Waals surface area contributed by atoms with Gasteiger partial charge < -0.3 is 5.11 Å². The van der Waals surface area contributed by atoms with Crippen molar-refractivity contribution in [1.82, 2.24) is 0 Å². The van der Waals surface area contributed by atoms with Gasteiger partial charge in [0.1, 0.15) is 0 Å². The summed E-state index contributed by atoms with van der Waals surface area (Å²) in [7, 11) is -3.08. The fourth-order valence-electron chi connectivity index (χ4n) is 0.933. The number of hydrogen-bond acceptors (Lipinski definition) is 3. The number of hydrogen-bond donors (Lipinski definition) is 1. The van der Waals surface area contributed by atoms with Gasteiger partial charge in [0.15, 0.2) is 9.84 Å². The van der Waals surface area contributed by atoms with Crippen molar-refractivity contribution in [3.63, 3.8) is 0 Å². The quantitative estimate of drug-likeness (QED) is 0.709. The van der Waals surface area contributed by atoms with Crippen LogP contribution >= 0.6 is 0 Å². The summed E-state index contributed by atoms with van der Waals surface area (Å²) in [6.07, 6.45) is 2.88. The Morgan fingerprint density at radius 2 is 1.92 bits per heavy atom. The van der Waals surface area contributed by atoms with E-state index in [9.17, 15) is 13.5 Å². The predicted molar refractivity (Wildman–Crippen MR) is 49.8 cm³/mol. The standard InChI is InChI=1S/C8H18O3S/c1-4-5-6-8(9)7(2)12(3,10)11/h7-9H,4-6H2,1-3H3. The largest absolute Gasteiger partial charge is 0.392 e. The van der Waals surface area contributed by atoms with E-state index in [0.717, 1.165) is 19.1 Å². The molecule has 0 aliphatic carbocycles. The topological polar surface area (TPSA) is 54.4 Å². The van der Waals surface area contributed by atoms with E-state index in [1.165, 1.54) is 0 Å². The summed E-state index contributed by atoms with van der Waals surface area (Å²) in [4.78, 5) is 0. The second-order valence-corrected chi connectivity index (χ2v) is 5.65. The molecule has 0 radical (unpaired) electrons. The lowest BCUT2D eigenvalue weighted by Crippen LogP contribution is -2.30. The van der Waals surface area contributed by atoms with Crippen LogP contribution in [0.2, 0.25) is 0 Å². The molecule has 12 heavy (non-hydrogen) atoms. The molecule has 1 N–H and O–H groups in total. The normalized spacial score (nSPS) is 17.3. The second kappa shape index (κ2) is 4.82. The van der Waals surface area contributed by atoms with Gasteiger partial charge in [-0.2, -0.15) is 0 Å². The molecular weight excluding hydrogens is 176 g/mol. The second-order valence-electron chi connectivity index (χ2n) is 3.24. The average molecular weight is 194 g/mol. The van der Waals surface area contributed by atoms with Crippen LogP contribution in [-0.4, -0.2) is 31.1 Å². The van der Waals surface area contributed by atoms with Crippen molar-refractivity contribution in [1.29, 1.82) is 0 Å². The maximum atomic E-state index is 11.0. The van der Waals surface area contributed by atoms with Gasteiger partial charge in [-0.1, -0.05) is 19.8 Å². The van der Waals surface area contributed by atoms with E-state index in [0.29, 0.717) is 6.42 Å². The monoisotopic (exact) mass is 194 g/mol. The number of aliphatic hydroxyl groups excluding tert-OH is 1. The van der Waals surface area contributed by atoms with Crippen molar-refractivity contribution < 1.29 is 13.5 Å². The predicted octanol–water partition coefficient (Wildman–Crippen LogP) is 0.971. The summed E-state index contributed by atoms with van der Waals surface area (Å²) in [5.41, 5.74) is 0. The molecule has 74 valence electrons. The van der Waals surface area contributed by atoms with E-state index >= 15 is 0 Å². The summed E-state index contributed by atoms with van der Waals surface area (Å²) in [5.74, 6) is 0. The summed E-state index contributed by atoms with van der Waals surface area (Å²) in [6.45, 7) is 3.56. The molecule has 0 fully saturated rings. The van der Waals surface area contributed by atoms with Crippen LogP contribution in [0, 0.1) is 0 Å². The van der Waals surface area contributed by atoms with Gasteiger partial charge in [-0.3, -0.25) is 0 Å². The van der Waals surface area contributed by atoms with E-state index in [4.69, 9.17) is 0 Å². The third kappa shape index (κ3) is 4.07. The SMILES string of the molecule is CCCCC(O)C(C)S(C)(=O)=O. The molecular formula is C8H18O3S. The number of sulfone groups is 1. The minimum absolute atomic E-state index is 0.574. The molecule has 0 rings (SSSR count). The van der Waals surface area contributed by atoms with E-state index in [1.807, 2.05) is 6.92 Å². The van der Waals surface area contributed by atoms with E-state index in [-0.39, 0.29) is 0 Å². The van der Waals surface area contributed by atoms with Gasteiger partial charge in [0.05, 0.1) is 11.4 Å². The third-order valence-electron chi connectivity index (χ3n) is 2.07. The Hall–Kier alpha value is -0.0900. The van der Waals surface area contributed by atoms with Gasteiger partial charge in [0.25, 0.3) is 0 Å². The van der Waals surface area contributed by atoms with Gasteiger partial charge in [0.2, 0.25) is 0 Å². The molecule has 2 atom stereocenters. The molecule has 0 aromatic carbocycles. The zero-order chi connectivity index (χ0) is 9.78. The lowest BCUT2D eigenvalue weighted by molar-refractivity contribution is 0.160. The molecule has 4 heteroatoms. The third-order valence-corrected chi connectivity index (χ3v) is 3.74. The minimum atomic E-state index is -3.08. The molecule has 3 nitrogen and oxygen atoms in total. The van der Waals surface area contributed by atoms with Crippen LogP contribution in [0.25, 0.3) is 0 Å². The Morgan fingerprint density at radius 3 is 2.25 bits per heavy atom. The van der Waals surface area contributed by atoms with Gasteiger partial charge in [-0.15, -0.1) is 0 Å². The lowest BCUT2D eigenvalue weighted by atomic mass is 10.1. The minimum Gasteiger partial charge on any atom is -0.392 e. The first kappa shape index (κ1) is 11.9. The zero-order valence-electron chi connectivity index (χ0n) is 7.95. The first-order chi connectivity index (χ1) is 5.39. The Labute approximate surface area is 74.7 Å². The van der Waals surface area contributed by atoms with Crippen molar-refractivity contribution in [2.75, 3.05) is 6.26 Å². The molecule has 0 aliphatic heterocycles. The van der Waals surface area contributed by atoms with Crippen LogP contribution in [0.3, 0.4) is 0 Å². The van der Waals surface area contributed by atoms with Crippen molar-refractivity contribution >= 4 is 9.84 Å². The molecule has 0 saturated carbocycles. The van der Waals surface area contributed by atoms with Crippen LogP contribution < -0.4 is 0 Å². The Balaban J connectivity index is 4.02. The Morgan fingerprint density at radius 1 is 1.42 bits per heavy atom. The summed E-state index contributed by atoms with van der Waals surface area (Å²) in [6, 6.07) is 0. The average Bonchev–Trinajstić information content (AvgIpc) is 1.97. The van der Waals surface area contributed by atoms with Crippen LogP contribution in [0.1, 0.15) is 33.1 Å². The molecule has 0 aromatic rings. The highest BCUT2D eigenvalue weighted by Crippen LogP contribution is 2.10. The Kier molecular flexibility index (Phi) is 4.78. The van der Waals surface area contributed by atoms with Gasteiger partial charge in [0, 0.05) is 6.26 Å². The van der Waals surface area contributed by atoms with Crippen molar-refractivity contribution in [2.45, 2.75) is 44.5 Å². The summed E-state index contributed by atoms with van der Waals surface area (Å²) in [5, 5.41) is 8.77. The highest BCUT2D eigenvalue weighted by molar-refractivity contribution is 7.91. The van der Waals surface area contributed by atoms with Gasteiger partial charge >= 0.3 is 0 Å². The molecule has 0 bridgehead atoms. The zero-order valence-corrected chi connectivity index (χ0v) is 8.76.